The van der Waals surface area contributed by atoms with Gasteiger partial charge in [-0.3, -0.25) is 20.1 Å². The van der Waals surface area contributed by atoms with Gasteiger partial charge in [0.15, 0.2) is 5.82 Å². The van der Waals surface area contributed by atoms with Gasteiger partial charge in [-0.15, -0.1) is 0 Å². The lowest BCUT2D eigenvalue weighted by Gasteiger charge is -2.03. The average molecular weight is 368 g/mol. The molecule has 0 atom stereocenters. The summed E-state index contributed by atoms with van der Waals surface area (Å²) >= 11 is 0. The van der Waals surface area contributed by atoms with Gasteiger partial charge >= 0.3 is 0 Å². The van der Waals surface area contributed by atoms with Crippen molar-refractivity contribution in [2.75, 3.05) is 10.6 Å². The summed E-state index contributed by atoms with van der Waals surface area (Å²) < 4.78 is 4.63. The first-order chi connectivity index (χ1) is 12.8. The van der Waals surface area contributed by atoms with Gasteiger partial charge in [-0.25, -0.2) is 4.98 Å². The van der Waals surface area contributed by atoms with Crippen LogP contribution in [0, 0.1) is 0 Å². The molecule has 0 saturated heterocycles. The van der Waals surface area contributed by atoms with E-state index in [0.717, 1.165) is 0 Å². The fourth-order valence-electron chi connectivity index (χ4n) is 2.68. The summed E-state index contributed by atoms with van der Waals surface area (Å²) in [7, 11) is 5.00. The summed E-state index contributed by atoms with van der Waals surface area (Å²) in [5.41, 5.74) is 8.50. The predicted octanol–water partition coefficient (Wildman–Crippen LogP) is 1.02. The number of anilines is 2. The van der Waals surface area contributed by atoms with Crippen molar-refractivity contribution in [1.82, 2.24) is 24.4 Å². The molecule has 0 spiro atoms. The Hall–Kier alpha value is -3.82. The van der Waals surface area contributed by atoms with E-state index in [4.69, 9.17) is 5.73 Å². The minimum absolute atomic E-state index is 0.167. The van der Waals surface area contributed by atoms with Gasteiger partial charge in [0.2, 0.25) is 0 Å². The second-order valence-electron chi connectivity index (χ2n) is 6.05. The van der Waals surface area contributed by atoms with Gasteiger partial charge in [0.05, 0.1) is 11.4 Å². The highest BCUT2D eigenvalue weighted by molar-refractivity contribution is 6.06. The lowest BCUT2D eigenvalue weighted by atomic mass is 10.3. The molecule has 0 fully saturated rings. The molecule has 3 aromatic rings. The molecule has 0 aliphatic carbocycles. The summed E-state index contributed by atoms with van der Waals surface area (Å²) in [6.45, 7) is 0. The van der Waals surface area contributed by atoms with Crippen molar-refractivity contribution >= 4 is 29.1 Å². The van der Waals surface area contributed by atoms with Gasteiger partial charge in [0, 0.05) is 45.9 Å². The SMILES string of the molecule is Cn1cc(NC(=O)c2cc(NC(=O)c3nccn3C)cn2C)cc1C([NH])=O. The molecule has 3 heterocycles. The Bertz CT molecular complexity index is 1040. The van der Waals surface area contributed by atoms with E-state index in [1.807, 2.05) is 0 Å². The number of imidazole rings is 1. The van der Waals surface area contributed by atoms with Gasteiger partial charge in [-0.2, -0.15) is 0 Å². The van der Waals surface area contributed by atoms with E-state index < -0.39 is 11.8 Å². The predicted molar refractivity (Wildman–Crippen MR) is 97.4 cm³/mol. The van der Waals surface area contributed by atoms with Crippen LogP contribution in [0.15, 0.2) is 36.9 Å². The molecule has 139 valence electrons. The molecule has 0 bridgehead atoms. The number of rotatable bonds is 5. The van der Waals surface area contributed by atoms with Crippen LogP contribution in [0.4, 0.5) is 11.4 Å². The van der Waals surface area contributed by atoms with Gasteiger partial charge in [-0.1, -0.05) is 0 Å². The smallest absolute Gasteiger partial charge is 0.291 e. The van der Waals surface area contributed by atoms with Crippen LogP contribution < -0.4 is 16.4 Å². The lowest BCUT2D eigenvalue weighted by molar-refractivity contribution is 0.0980. The minimum Gasteiger partial charge on any atom is -0.344 e. The van der Waals surface area contributed by atoms with Gasteiger partial charge < -0.3 is 24.3 Å². The van der Waals surface area contributed by atoms with Crippen molar-refractivity contribution in [1.29, 1.82) is 0 Å². The molecular weight excluding hydrogens is 350 g/mol. The molecule has 27 heavy (non-hydrogen) atoms. The third-order valence-corrected chi connectivity index (χ3v) is 4.02. The van der Waals surface area contributed by atoms with E-state index in [-0.39, 0.29) is 17.4 Å². The third kappa shape index (κ3) is 3.59. The van der Waals surface area contributed by atoms with Crippen molar-refractivity contribution in [3.63, 3.8) is 0 Å². The zero-order chi connectivity index (χ0) is 19.7. The van der Waals surface area contributed by atoms with Crippen molar-refractivity contribution in [3.8, 4) is 0 Å². The van der Waals surface area contributed by atoms with Crippen LogP contribution >= 0.6 is 0 Å². The maximum absolute atomic E-state index is 12.5. The number of nitrogens with zero attached hydrogens (tertiary/aromatic N) is 4. The van der Waals surface area contributed by atoms with E-state index in [2.05, 4.69) is 15.6 Å². The zero-order valence-corrected chi connectivity index (χ0v) is 15.0. The third-order valence-electron chi connectivity index (χ3n) is 4.02. The van der Waals surface area contributed by atoms with Crippen LogP contribution in [0.2, 0.25) is 0 Å². The molecule has 3 rings (SSSR count). The zero-order valence-electron chi connectivity index (χ0n) is 15.0. The number of nitrogens with one attached hydrogen (secondary N) is 3. The highest BCUT2D eigenvalue weighted by Gasteiger charge is 2.17. The molecule has 3 aromatic heterocycles. The van der Waals surface area contributed by atoms with E-state index >= 15 is 0 Å². The maximum atomic E-state index is 12.5. The van der Waals surface area contributed by atoms with Crippen molar-refractivity contribution in [2.45, 2.75) is 0 Å². The molecule has 10 heteroatoms. The normalized spacial score (nSPS) is 10.6. The average Bonchev–Trinajstić information content (AvgIpc) is 3.26. The number of aryl methyl sites for hydroxylation is 3. The largest absolute Gasteiger partial charge is 0.344 e. The standard InChI is InChI=1S/C17H18N7O3/c1-22-5-4-19-15(22)17(27)21-11-7-13(24(3)9-11)16(26)20-10-6-12(14(18)25)23(2)8-10/h4-9,18H,1-3H3,(H,20,26)(H,21,27). The molecule has 0 saturated carbocycles. The molecule has 10 nitrogen and oxygen atoms in total. The quantitative estimate of drug-likeness (QED) is 0.697. The van der Waals surface area contributed by atoms with E-state index in [1.54, 1.807) is 48.9 Å². The molecule has 1 radical (unpaired) electrons. The van der Waals surface area contributed by atoms with Crippen LogP contribution in [-0.2, 0) is 21.1 Å². The van der Waals surface area contributed by atoms with E-state index in [9.17, 15) is 14.4 Å². The first-order valence-corrected chi connectivity index (χ1v) is 7.95. The number of aromatic nitrogens is 4. The Kier molecular flexibility index (Phi) is 4.55. The number of hydrogen-bond donors (Lipinski definition) is 2. The Labute approximate surface area is 154 Å². The molecule has 0 aromatic carbocycles. The Morgan fingerprint density at radius 3 is 1.96 bits per heavy atom. The van der Waals surface area contributed by atoms with Crippen LogP contribution in [0.1, 0.15) is 31.6 Å². The summed E-state index contributed by atoms with van der Waals surface area (Å²) in [5.74, 6) is -1.39. The molecule has 3 amide bonds. The van der Waals surface area contributed by atoms with E-state index in [1.165, 1.54) is 22.9 Å². The molecule has 0 aliphatic rings. The number of amides is 3. The van der Waals surface area contributed by atoms with Crippen molar-refractivity contribution in [3.05, 3.63) is 54.1 Å². The van der Waals surface area contributed by atoms with Gasteiger partial charge in [0.1, 0.15) is 11.4 Å². The number of carbonyl (C=O) groups is 3. The summed E-state index contributed by atoms with van der Waals surface area (Å²) in [5, 5.41) is 5.37. The van der Waals surface area contributed by atoms with Crippen LogP contribution in [0.5, 0.6) is 0 Å². The monoisotopic (exact) mass is 368 g/mol. The highest BCUT2D eigenvalue weighted by Crippen LogP contribution is 2.17. The summed E-state index contributed by atoms with van der Waals surface area (Å²) in [4.78, 5) is 39.9. The lowest BCUT2D eigenvalue weighted by Crippen LogP contribution is -2.16. The fraction of sp³-hybridized carbons (Fsp3) is 0.176. The van der Waals surface area contributed by atoms with Crippen LogP contribution in [-0.4, -0.2) is 36.4 Å². The van der Waals surface area contributed by atoms with Crippen LogP contribution in [0.3, 0.4) is 0 Å². The van der Waals surface area contributed by atoms with Gasteiger partial charge in [0.25, 0.3) is 17.7 Å². The first-order valence-electron chi connectivity index (χ1n) is 7.95. The second-order valence-corrected chi connectivity index (χ2v) is 6.05. The van der Waals surface area contributed by atoms with Crippen LogP contribution in [0.25, 0.3) is 0 Å². The maximum Gasteiger partial charge on any atom is 0.291 e. The molecular formula is C17H18N7O3. The highest BCUT2D eigenvalue weighted by atomic mass is 16.2. The minimum atomic E-state index is -0.837. The second kappa shape index (κ2) is 6.83. The Morgan fingerprint density at radius 1 is 0.889 bits per heavy atom. The number of carbonyl (C=O) groups excluding carboxylic acids is 3. The molecule has 3 N–H and O–H groups in total. The number of hydrogen-bond acceptors (Lipinski definition) is 4. The Morgan fingerprint density at radius 2 is 1.44 bits per heavy atom. The fourth-order valence-corrected chi connectivity index (χ4v) is 2.68. The van der Waals surface area contributed by atoms with Crippen molar-refractivity contribution in [2.24, 2.45) is 21.1 Å². The molecule has 0 unspecified atom stereocenters. The summed E-state index contributed by atoms with van der Waals surface area (Å²) in [6.07, 6.45) is 6.34. The van der Waals surface area contributed by atoms with Gasteiger partial charge in [-0.05, 0) is 12.1 Å². The Balaban J connectivity index is 1.75. The summed E-state index contributed by atoms with van der Waals surface area (Å²) in [6, 6.07) is 2.97. The van der Waals surface area contributed by atoms with E-state index in [0.29, 0.717) is 17.1 Å². The first kappa shape index (κ1) is 18.0. The van der Waals surface area contributed by atoms with Crippen molar-refractivity contribution < 1.29 is 14.4 Å². The molecule has 0 aliphatic heterocycles. The topological polar surface area (TPSA) is 127 Å².